The Kier molecular flexibility index (Phi) is 7.93. The fourth-order valence-corrected chi connectivity index (χ4v) is 2.57. The molecule has 5 heteroatoms. The maximum absolute atomic E-state index is 12.2. The molecular weight excluding hydrogens is 354 g/mol. The Balaban J connectivity index is 1.99. The van der Waals surface area contributed by atoms with Gasteiger partial charge in [0, 0.05) is 18.2 Å². The summed E-state index contributed by atoms with van der Waals surface area (Å²) in [6.07, 6.45) is 3.38. The molecule has 2 aromatic rings. The molecule has 0 aromatic heterocycles. The number of hydrogen-bond acceptors (Lipinski definition) is 4. The number of ether oxygens (including phenoxy) is 3. The monoisotopic (exact) mass is 383 g/mol. The number of hydrogen-bond donors (Lipinski definition) is 1. The van der Waals surface area contributed by atoms with Crippen molar-refractivity contribution in [2.24, 2.45) is 0 Å². The molecule has 0 unspecified atom stereocenters. The highest BCUT2D eigenvalue weighted by molar-refractivity contribution is 5.91. The number of para-hydroxylation sites is 1. The minimum atomic E-state index is -0.180. The maximum atomic E-state index is 12.2. The lowest BCUT2D eigenvalue weighted by molar-refractivity contribution is -0.116. The van der Waals surface area contributed by atoms with Crippen LogP contribution in [0.3, 0.4) is 0 Å². The molecule has 0 saturated heterocycles. The van der Waals surface area contributed by atoms with Crippen molar-refractivity contribution in [1.29, 1.82) is 0 Å². The van der Waals surface area contributed by atoms with Crippen molar-refractivity contribution >= 4 is 12.0 Å². The normalized spacial score (nSPS) is 11.1. The molecule has 1 N–H and O–H groups in total. The molecular formula is C23H29NO4. The molecule has 0 fully saturated rings. The molecule has 28 heavy (non-hydrogen) atoms. The van der Waals surface area contributed by atoms with Gasteiger partial charge < -0.3 is 19.5 Å². The van der Waals surface area contributed by atoms with Crippen LogP contribution in [0.5, 0.6) is 17.2 Å². The number of carbonyl (C=O) groups excluding carboxylic acids is 1. The summed E-state index contributed by atoms with van der Waals surface area (Å²) in [5.74, 6) is 1.92. The third-order valence-corrected chi connectivity index (χ3v) is 3.77. The summed E-state index contributed by atoms with van der Waals surface area (Å²) < 4.78 is 16.8. The maximum Gasteiger partial charge on any atom is 0.244 e. The molecule has 2 rings (SSSR count). The van der Waals surface area contributed by atoms with Crippen LogP contribution in [0.25, 0.3) is 6.08 Å². The van der Waals surface area contributed by atoms with Crippen molar-refractivity contribution in [1.82, 2.24) is 5.32 Å². The first-order chi connectivity index (χ1) is 13.4. The van der Waals surface area contributed by atoms with Crippen LogP contribution in [-0.2, 0) is 11.3 Å². The smallest absolute Gasteiger partial charge is 0.244 e. The molecule has 0 heterocycles. The average Bonchev–Trinajstić information content (AvgIpc) is 2.65. The van der Waals surface area contributed by atoms with E-state index in [9.17, 15) is 4.79 Å². The second-order valence-electron chi connectivity index (χ2n) is 6.90. The van der Waals surface area contributed by atoms with Crippen LogP contribution in [-0.4, -0.2) is 25.2 Å². The summed E-state index contributed by atoms with van der Waals surface area (Å²) in [6, 6.07) is 13.3. The largest absolute Gasteiger partial charge is 0.493 e. The van der Waals surface area contributed by atoms with Crippen molar-refractivity contribution in [2.45, 2.75) is 46.4 Å². The second-order valence-corrected chi connectivity index (χ2v) is 6.90. The highest BCUT2D eigenvalue weighted by Gasteiger charge is 2.08. The van der Waals surface area contributed by atoms with Gasteiger partial charge in [-0.15, -0.1) is 0 Å². The second kappa shape index (κ2) is 10.4. The van der Waals surface area contributed by atoms with Crippen molar-refractivity contribution in [3.8, 4) is 17.2 Å². The Morgan fingerprint density at radius 1 is 0.964 bits per heavy atom. The van der Waals surface area contributed by atoms with Gasteiger partial charge in [0.2, 0.25) is 5.91 Å². The van der Waals surface area contributed by atoms with Crippen LogP contribution in [0.2, 0.25) is 0 Å². The zero-order valence-electron chi connectivity index (χ0n) is 17.2. The molecule has 150 valence electrons. The Bertz CT molecular complexity index is 812. The minimum absolute atomic E-state index is 0.0589. The number of methoxy groups -OCH3 is 1. The van der Waals surface area contributed by atoms with E-state index < -0.39 is 0 Å². The van der Waals surface area contributed by atoms with Crippen molar-refractivity contribution in [2.75, 3.05) is 7.11 Å². The van der Waals surface area contributed by atoms with E-state index in [2.05, 4.69) is 5.32 Å². The van der Waals surface area contributed by atoms with E-state index in [4.69, 9.17) is 14.2 Å². The summed E-state index contributed by atoms with van der Waals surface area (Å²) in [6.45, 7) is 8.27. The number of amides is 1. The highest BCUT2D eigenvalue weighted by atomic mass is 16.5. The van der Waals surface area contributed by atoms with Crippen LogP contribution in [0.4, 0.5) is 0 Å². The number of carbonyl (C=O) groups is 1. The van der Waals surface area contributed by atoms with Crippen LogP contribution in [0, 0.1) is 0 Å². The number of nitrogens with one attached hydrogen (secondary N) is 1. The van der Waals surface area contributed by atoms with Crippen LogP contribution < -0.4 is 19.5 Å². The average molecular weight is 383 g/mol. The molecule has 2 aromatic carbocycles. The van der Waals surface area contributed by atoms with E-state index in [1.165, 1.54) is 6.08 Å². The standard InChI is InChI=1S/C23H29NO4/c1-16(2)27-20-9-7-6-8-19(20)15-24-23(25)13-11-18-10-12-21(28-17(3)4)22(14-18)26-5/h6-14,16-17H,15H2,1-5H3,(H,24,25). The van der Waals surface area contributed by atoms with E-state index in [1.807, 2.05) is 70.2 Å². The van der Waals surface area contributed by atoms with Crippen LogP contribution in [0.1, 0.15) is 38.8 Å². The summed E-state index contributed by atoms with van der Waals surface area (Å²) in [7, 11) is 1.60. The summed E-state index contributed by atoms with van der Waals surface area (Å²) in [4.78, 5) is 12.2. The molecule has 0 aliphatic carbocycles. The van der Waals surface area contributed by atoms with Gasteiger partial charge in [-0.3, -0.25) is 4.79 Å². The van der Waals surface area contributed by atoms with Gasteiger partial charge >= 0.3 is 0 Å². The van der Waals surface area contributed by atoms with Gasteiger partial charge in [-0.05, 0) is 57.5 Å². The van der Waals surface area contributed by atoms with Gasteiger partial charge in [-0.25, -0.2) is 0 Å². The van der Waals surface area contributed by atoms with Gasteiger partial charge in [-0.2, -0.15) is 0 Å². The highest BCUT2D eigenvalue weighted by Crippen LogP contribution is 2.29. The topological polar surface area (TPSA) is 56.8 Å². The van der Waals surface area contributed by atoms with Gasteiger partial charge in [0.15, 0.2) is 11.5 Å². The zero-order chi connectivity index (χ0) is 20.5. The summed E-state index contributed by atoms with van der Waals surface area (Å²) in [5.41, 5.74) is 1.79. The van der Waals surface area contributed by atoms with Crippen LogP contribution in [0.15, 0.2) is 48.5 Å². The van der Waals surface area contributed by atoms with Gasteiger partial charge in [0.25, 0.3) is 0 Å². The Hall–Kier alpha value is -2.95. The SMILES string of the molecule is COc1cc(C=CC(=O)NCc2ccccc2OC(C)C)ccc1OC(C)C. The predicted octanol–water partition coefficient (Wildman–Crippen LogP) is 4.60. The quantitative estimate of drug-likeness (QED) is 0.643. The third-order valence-electron chi connectivity index (χ3n) is 3.77. The molecule has 0 aliphatic rings. The van der Waals surface area contributed by atoms with Crippen molar-refractivity contribution in [3.05, 3.63) is 59.7 Å². The first-order valence-corrected chi connectivity index (χ1v) is 9.44. The Morgan fingerprint density at radius 3 is 2.32 bits per heavy atom. The van der Waals surface area contributed by atoms with Crippen molar-refractivity contribution in [3.63, 3.8) is 0 Å². The summed E-state index contributed by atoms with van der Waals surface area (Å²) in [5, 5.41) is 2.89. The lowest BCUT2D eigenvalue weighted by Gasteiger charge is -2.14. The number of rotatable bonds is 9. The molecule has 0 spiro atoms. The molecule has 5 nitrogen and oxygen atoms in total. The zero-order valence-corrected chi connectivity index (χ0v) is 17.2. The molecule has 0 saturated carbocycles. The van der Waals surface area contributed by atoms with E-state index >= 15 is 0 Å². The fraction of sp³-hybridized carbons (Fsp3) is 0.348. The van der Waals surface area contributed by atoms with Crippen LogP contribution >= 0.6 is 0 Å². The number of benzene rings is 2. The molecule has 0 aliphatic heterocycles. The minimum Gasteiger partial charge on any atom is -0.493 e. The van der Waals surface area contributed by atoms with Crippen molar-refractivity contribution < 1.29 is 19.0 Å². The third kappa shape index (κ3) is 6.65. The van der Waals surface area contributed by atoms with Gasteiger partial charge in [0.05, 0.1) is 19.3 Å². The predicted molar refractivity (Wildman–Crippen MR) is 112 cm³/mol. The van der Waals surface area contributed by atoms with E-state index in [0.717, 1.165) is 16.9 Å². The fourth-order valence-electron chi connectivity index (χ4n) is 2.57. The van der Waals surface area contributed by atoms with E-state index in [-0.39, 0.29) is 18.1 Å². The first kappa shape index (κ1) is 21.4. The van der Waals surface area contributed by atoms with E-state index in [1.54, 1.807) is 13.2 Å². The Labute approximate surface area is 167 Å². The summed E-state index contributed by atoms with van der Waals surface area (Å²) >= 11 is 0. The molecule has 0 radical (unpaired) electrons. The Morgan fingerprint density at radius 2 is 1.64 bits per heavy atom. The van der Waals surface area contributed by atoms with Gasteiger partial charge in [-0.1, -0.05) is 24.3 Å². The van der Waals surface area contributed by atoms with Gasteiger partial charge in [0.1, 0.15) is 5.75 Å². The lowest BCUT2D eigenvalue weighted by Crippen LogP contribution is -2.21. The molecule has 0 atom stereocenters. The lowest BCUT2D eigenvalue weighted by atomic mass is 10.1. The first-order valence-electron chi connectivity index (χ1n) is 9.44. The van der Waals surface area contributed by atoms with E-state index in [0.29, 0.717) is 18.0 Å². The molecule has 1 amide bonds. The molecule has 0 bridgehead atoms.